The molecular weight excluding hydrogens is 592 g/mol. The number of rotatable bonds is 7. The van der Waals surface area contributed by atoms with Crippen LogP contribution in [0.2, 0.25) is 10.0 Å². The summed E-state index contributed by atoms with van der Waals surface area (Å²) in [6.07, 6.45) is 3.67. The number of halogens is 3. The lowest BCUT2D eigenvalue weighted by molar-refractivity contribution is -0.0592. The van der Waals surface area contributed by atoms with Crippen molar-refractivity contribution in [2.24, 2.45) is 0 Å². The second kappa shape index (κ2) is 11.6. The minimum atomic E-state index is -0.955. The van der Waals surface area contributed by atoms with Gasteiger partial charge in [0.1, 0.15) is 23.5 Å². The highest BCUT2D eigenvalue weighted by molar-refractivity contribution is 6.35. The van der Waals surface area contributed by atoms with Crippen molar-refractivity contribution in [3.05, 3.63) is 98.8 Å². The van der Waals surface area contributed by atoms with E-state index in [1.165, 1.54) is 6.08 Å². The lowest BCUT2D eigenvalue weighted by Crippen LogP contribution is -2.35. The van der Waals surface area contributed by atoms with Crippen molar-refractivity contribution >= 4 is 46.0 Å². The van der Waals surface area contributed by atoms with Crippen LogP contribution in [-0.2, 0) is 17.8 Å². The molecule has 0 bridgehead atoms. The molecule has 7 nitrogen and oxygen atoms in total. The molecule has 10 heteroatoms. The standard InChI is InChI=1S/C33H30Cl2FN3O4/c34-21-5-6-24(26(35)15-21)30-16-27(36)25-3-1-2-23(32(25)43-30)19-8-11-38(12-9-19)18-31-37-28-7-4-20(33(40)41)14-29(28)39(31)17-22-10-13-42-22/h1-7,14-16,19,22,30H,8-13,17-18H2,(H,40,41)/t22-,30+/m0/s1. The monoisotopic (exact) mass is 621 g/mol. The molecule has 2 fully saturated rings. The van der Waals surface area contributed by atoms with E-state index in [2.05, 4.69) is 9.47 Å². The maximum absolute atomic E-state index is 15.3. The topological polar surface area (TPSA) is 76.8 Å². The Kier molecular flexibility index (Phi) is 7.63. The van der Waals surface area contributed by atoms with E-state index in [-0.39, 0.29) is 23.4 Å². The van der Waals surface area contributed by atoms with Crippen LogP contribution >= 0.6 is 23.2 Å². The number of carbonyl (C=O) groups is 1. The molecule has 222 valence electrons. The van der Waals surface area contributed by atoms with Crippen LogP contribution in [0.15, 0.2) is 60.7 Å². The van der Waals surface area contributed by atoms with E-state index >= 15 is 4.39 Å². The van der Waals surface area contributed by atoms with Crippen LogP contribution in [0, 0.1) is 0 Å². The molecule has 2 atom stereocenters. The Morgan fingerprint density at radius 1 is 1.05 bits per heavy atom. The molecule has 0 unspecified atom stereocenters. The van der Waals surface area contributed by atoms with Gasteiger partial charge in [-0.2, -0.15) is 0 Å². The molecule has 1 N–H and O–H groups in total. The van der Waals surface area contributed by atoms with Crippen LogP contribution in [0.25, 0.3) is 16.9 Å². The zero-order valence-electron chi connectivity index (χ0n) is 23.3. The number of imidazole rings is 1. The molecule has 1 aromatic heterocycles. The number of carboxylic acid groups (broad SMARTS) is 1. The van der Waals surface area contributed by atoms with Gasteiger partial charge >= 0.3 is 5.97 Å². The fraction of sp³-hybridized carbons (Fsp3) is 0.333. The average molecular weight is 623 g/mol. The highest BCUT2D eigenvalue weighted by Gasteiger charge is 2.31. The maximum Gasteiger partial charge on any atom is 0.335 e. The summed E-state index contributed by atoms with van der Waals surface area (Å²) in [6, 6.07) is 15.9. The summed E-state index contributed by atoms with van der Waals surface area (Å²) in [7, 11) is 0. The second-order valence-electron chi connectivity index (χ2n) is 11.4. The van der Waals surface area contributed by atoms with Crippen molar-refractivity contribution in [1.29, 1.82) is 0 Å². The minimum absolute atomic E-state index is 0.112. The average Bonchev–Trinajstić information content (AvgIpc) is 3.31. The Bertz CT molecular complexity index is 1740. The first-order chi connectivity index (χ1) is 20.8. The molecule has 0 spiro atoms. The number of piperidine rings is 1. The quantitative estimate of drug-likeness (QED) is 0.228. The Balaban J connectivity index is 1.10. The minimum Gasteiger partial charge on any atom is -0.480 e. The van der Waals surface area contributed by atoms with Crippen LogP contribution in [0.4, 0.5) is 4.39 Å². The number of para-hydroxylation sites is 1. The number of hydrogen-bond donors (Lipinski definition) is 1. The summed E-state index contributed by atoms with van der Waals surface area (Å²) in [5, 5.41) is 10.5. The predicted molar refractivity (Wildman–Crippen MR) is 164 cm³/mol. The van der Waals surface area contributed by atoms with E-state index in [9.17, 15) is 9.90 Å². The van der Waals surface area contributed by atoms with Gasteiger partial charge in [-0.15, -0.1) is 0 Å². The molecule has 0 aliphatic carbocycles. The first kappa shape index (κ1) is 28.3. The smallest absolute Gasteiger partial charge is 0.335 e. The molecular formula is C33H30Cl2FN3O4. The van der Waals surface area contributed by atoms with Crippen molar-refractivity contribution in [1.82, 2.24) is 14.5 Å². The molecule has 0 amide bonds. The first-order valence-electron chi connectivity index (χ1n) is 14.5. The Morgan fingerprint density at radius 3 is 2.58 bits per heavy atom. The number of fused-ring (bicyclic) bond motifs is 2. The molecule has 43 heavy (non-hydrogen) atoms. The summed E-state index contributed by atoms with van der Waals surface area (Å²) < 4.78 is 29.6. The Morgan fingerprint density at radius 2 is 1.86 bits per heavy atom. The van der Waals surface area contributed by atoms with E-state index in [4.69, 9.17) is 37.7 Å². The Labute approximate surface area is 258 Å². The number of likely N-dealkylation sites (tertiary alicyclic amines) is 1. The van der Waals surface area contributed by atoms with E-state index in [1.807, 2.05) is 12.1 Å². The van der Waals surface area contributed by atoms with Gasteiger partial charge in [-0.3, -0.25) is 4.90 Å². The van der Waals surface area contributed by atoms with Gasteiger partial charge in [0.25, 0.3) is 0 Å². The van der Waals surface area contributed by atoms with E-state index in [0.29, 0.717) is 40.0 Å². The summed E-state index contributed by atoms with van der Waals surface area (Å²) in [5.74, 6) is 0.411. The van der Waals surface area contributed by atoms with Crippen molar-refractivity contribution in [2.75, 3.05) is 19.7 Å². The normalized spacial score (nSPS) is 20.8. The van der Waals surface area contributed by atoms with Crippen LogP contribution < -0.4 is 4.74 Å². The number of benzene rings is 3. The maximum atomic E-state index is 15.3. The molecule has 0 saturated carbocycles. The van der Waals surface area contributed by atoms with E-state index in [0.717, 1.165) is 61.4 Å². The SMILES string of the molecule is O=C(O)c1ccc2nc(CN3CCC(c4cccc5c4O[C@@H](c4ccc(Cl)cc4Cl)C=C5F)CC3)n(C[C@@H]3CCO3)c2c1. The number of ether oxygens (including phenoxy) is 2. The fourth-order valence-electron chi connectivity index (χ4n) is 6.33. The van der Waals surface area contributed by atoms with Gasteiger partial charge in [-0.05, 0) is 86.3 Å². The number of hydrogen-bond acceptors (Lipinski definition) is 5. The van der Waals surface area contributed by atoms with E-state index < -0.39 is 12.1 Å². The van der Waals surface area contributed by atoms with Crippen LogP contribution in [-0.4, -0.2) is 51.3 Å². The second-order valence-corrected chi connectivity index (χ2v) is 12.3. The lowest BCUT2D eigenvalue weighted by atomic mass is 9.86. The number of aromatic nitrogens is 2. The van der Waals surface area contributed by atoms with Gasteiger partial charge in [-0.1, -0.05) is 41.4 Å². The van der Waals surface area contributed by atoms with E-state index in [1.54, 1.807) is 42.5 Å². The summed E-state index contributed by atoms with van der Waals surface area (Å²) in [4.78, 5) is 18.9. The van der Waals surface area contributed by atoms with Crippen LogP contribution in [0.1, 0.15) is 64.2 Å². The first-order valence-corrected chi connectivity index (χ1v) is 15.3. The third-order valence-corrected chi connectivity index (χ3v) is 9.32. The third kappa shape index (κ3) is 5.53. The molecule has 2 saturated heterocycles. The zero-order valence-corrected chi connectivity index (χ0v) is 24.8. The highest BCUT2D eigenvalue weighted by atomic mass is 35.5. The van der Waals surface area contributed by atoms with Crippen LogP contribution in [0.3, 0.4) is 0 Å². The van der Waals surface area contributed by atoms with Gasteiger partial charge < -0.3 is 19.1 Å². The fourth-order valence-corrected chi connectivity index (χ4v) is 6.85. The Hall–Kier alpha value is -3.43. The summed E-state index contributed by atoms with van der Waals surface area (Å²) in [5.41, 5.74) is 3.99. The van der Waals surface area contributed by atoms with Gasteiger partial charge in [0, 0.05) is 22.2 Å². The molecule has 7 rings (SSSR count). The van der Waals surface area contributed by atoms with Crippen molar-refractivity contribution in [3.8, 4) is 5.75 Å². The number of carboxylic acids is 1. The van der Waals surface area contributed by atoms with Crippen LogP contribution in [0.5, 0.6) is 5.75 Å². The van der Waals surface area contributed by atoms with Crippen molar-refractivity contribution < 1.29 is 23.8 Å². The van der Waals surface area contributed by atoms with Gasteiger partial charge in [0.2, 0.25) is 0 Å². The molecule has 3 aliphatic rings. The predicted octanol–water partition coefficient (Wildman–Crippen LogP) is 7.65. The number of nitrogens with zero attached hydrogens (tertiary/aromatic N) is 3. The van der Waals surface area contributed by atoms with Gasteiger partial charge in [0.15, 0.2) is 0 Å². The molecule has 0 radical (unpaired) electrons. The highest BCUT2D eigenvalue weighted by Crippen LogP contribution is 2.45. The molecule has 4 heterocycles. The van der Waals surface area contributed by atoms with Gasteiger partial charge in [0.05, 0.1) is 41.4 Å². The third-order valence-electron chi connectivity index (χ3n) is 8.76. The van der Waals surface area contributed by atoms with Gasteiger partial charge in [-0.25, -0.2) is 14.2 Å². The number of aromatic carboxylic acids is 1. The molecule has 3 aromatic carbocycles. The summed E-state index contributed by atoms with van der Waals surface area (Å²) >= 11 is 12.5. The zero-order chi connectivity index (χ0) is 29.7. The lowest BCUT2D eigenvalue weighted by Gasteiger charge is -2.34. The largest absolute Gasteiger partial charge is 0.480 e. The molecule has 4 aromatic rings. The summed E-state index contributed by atoms with van der Waals surface area (Å²) in [6.45, 7) is 3.72. The molecule has 3 aliphatic heterocycles. The van der Waals surface area contributed by atoms with Crippen molar-refractivity contribution in [2.45, 2.75) is 50.5 Å². The van der Waals surface area contributed by atoms with Crippen molar-refractivity contribution in [3.63, 3.8) is 0 Å².